The number of aromatic amines is 1. The van der Waals surface area contributed by atoms with E-state index >= 15 is 0 Å². The van der Waals surface area contributed by atoms with E-state index in [2.05, 4.69) is 29.4 Å². The minimum Gasteiger partial charge on any atom is -0.366 e. The van der Waals surface area contributed by atoms with Crippen LogP contribution in [0, 0.1) is 6.92 Å². The van der Waals surface area contributed by atoms with E-state index in [0.29, 0.717) is 6.04 Å². The number of aromatic nitrogens is 2. The lowest BCUT2D eigenvalue weighted by atomic mass is 10.1. The second-order valence-corrected chi connectivity index (χ2v) is 4.81. The highest BCUT2D eigenvalue weighted by molar-refractivity contribution is 6.30. The molecular formula is C13H16ClN3. The zero-order valence-corrected chi connectivity index (χ0v) is 11.0. The molecule has 0 atom stereocenters. The van der Waals surface area contributed by atoms with Gasteiger partial charge in [-0.3, -0.25) is 5.10 Å². The Morgan fingerprint density at radius 2 is 1.88 bits per heavy atom. The van der Waals surface area contributed by atoms with E-state index in [1.807, 2.05) is 31.2 Å². The van der Waals surface area contributed by atoms with E-state index < -0.39 is 0 Å². The van der Waals surface area contributed by atoms with Gasteiger partial charge in [-0.1, -0.05) is 23.7 Å². The Kier molecular flexibility index (Phi) is 3.38. The molecule has 0 bridgehead atoms. The molecule has 2 aromatic rings. The second-order valence-electron chi connectivity index (χ2n) is 4.38. The average Bonchev–Trinajstić information content (AvgIpc) is 2.61. The standard InChI is InChI=1S/C13H16ClN3/c1-8(2)15-13-12(9(3)16-17-13)10-4-6-11(14)7-5-10/h4-8H,1-3H3,(H2,15,16,17). The largest absolute Gasteiger partial charge is 0.366 e. The van der Waals surface area contributed by atoms with E-state index in [9.17, 15) is 0 Å². The summed E-state index contributed by atoms with van der Waals surface area (Å²) in [5, 5.41) is 11.4. The molecule has 0 unspecified atom stereocenters. The Morgan fingerprint density at radius 1 is 1.24 bits per heavy atom. The number of rotatable bonds is 3. The first-order valence-corrected chi connectivity index (χ1v) is 6.03. The third kappa shape index (κ3) is 2.61. The van der Waals surface area contributed by atoms with Gasteiger partial charge in [-0.25, -0.2) is 0 Å². The molecular weight excluding hydrogens is 234 g/mol. The third-order valence-electron chi connectivity index (χ3n) is 2.51. The molecule has 0 aliphatic heterocycles. The molecule has 0 fully saturated rings. The minimum atomic E-state index is 0.351. The molecule has 2 rings (SSSR count). The van der Waals surface area contributed by atoms with Gasteiger partial charge in [0.1, 0.15) is 0 Å². The van der Waals surface area contributed by atoms with Crippen molar-refractivity contribution < 1.29 is 0 Å². The van der Waals surface area contributed by atoms with E-state index in [-0.39, 0.29) is 0 Å². The Hall–Kier alpha value is -1.48. The number of aryl methyl sites for hydroxylation is 1. The van der Waals surface area contributed by atoms with E-state index in [1.165, 1.54) is 0 Å². The number of H-pyrrole nitrogens is 1. The fourth-order valence-corrected chi connectivity index (χ4v) is 1.90. The zero-order chi connectivity index (χ0) is 12.4. The number of nitrogens with one attached hydrogen (secondary N) is 2. The summed E-state index contributed by atoms with van der Waals surface area (Å²) < 4.78 is 0. The molecule has 1 aromatic carbocycles. The van der Waals surface area contributed by atoms with Crippen LogP contribution in [0.5, 0.6) is 0 Å². The summed E-state index contributed by atoms with van der Waals surface area (Å²) >= 11 is 5.90. The van der Waals surface area contributed by atoms with Crippen LogP contribution in [0.15, 0.2) is 24.3 Å². The van der Waals surface area contributed by atoms with Crippen LogP contribution < -0.4 is 5.32 Å². The van der Waals surface area contributed by atoms with Gasteiger partial charge in [0.2, 0.25) is 0 Å². The number of halogens is 1. The predicted molar refractivity (Wildman–Crippen MR) is 72.5 cm³/mol. The van der Waals surface area contributed by atoms with Gasteiger partial charge >= 0.3 is 0 Å². The van der Waals surface area contributed by atoms with Crippen LogP contribution in [0.3, 0.4) is 0 Å². The maximum Gasteiger partial charge on any atom is 0.156 e. The SMILES string of the molecule is Cc1[nH]nc(NC(C)C)c1-c1ccc(Cl)cc1. The van der Waals surface area contributed by atoms with Crippen LogP contribution in [0.1, 0.15) is 19.5 Å². The molecule has 2 N–H and O–H groups in total. The molecule has 0 aliphatic carbocycles. The lowest BCUT2D eigenvalue weighted by Gasteiger charge is -2.09. The summed E-state index contributed by atoms with van der Waals surface area (Å²) in [6, 6.07) is 8.14. The molecule has 1 aromatic heterocycles. The summed E-state index contributed by atoms with van der Waals surface area (Å²) in [6.45, 7) is 6.20. The molecule has 17 heavy (non-hydrogen) atoms. The summed E-state index contributed by atoms with van der Waals surface area (Å²) in [7, 11) is 0. The quantitative estimate of drug-likeness (QED) is 0.867. The van der Waals surface area contributed by atoms with Crippen LogP contribution >= 0.6 is 11.6 Å². The van der Waals surface area contributed by atoms with Crippen molar-refractivity contribution in [2.45, 2.75) is 26.8 Å². The second kappa shape index (κ2) is 4.80. The number of benzene rings is 1. The fourth-order valence-electron chi connectivity index (χ4n) is 1.78. The van der Waals surface area contributed by atoms with Crippen molar-refractivity contribution in [2.75, 3.05) is 5.32 Å². The Morgan fingerprint density at radius 3 is 2.47 bits per heavy atom. The van der Waals surface area contributed by atoms with Crippen molar-refractivity contribution in [3.8, 4) is 11.1 Å². The van der Waals surface area contributed by atoms with Crippen molar-refractivity contribution >= 4 is 17.4 Å². The van der Waals surface area contributed by atoms with Gasteiger partial charge in [0.25, 0.3) is 0 Å². The van der Waals surface area contributed by atoms with Gasteiger partial charge in [0.05, 0.1) is 0 Å². The molecule has 0 saturated heterocycles. The Labute approximate surface area is 106 Å². The smallest absolute Gasteiger partial charge is 0.156 e. The fraction of sp³-hybridized carbons (Fsp3) is 0.308. The number of nitrogens with zero attached hydrogens (tertiary/aromatic N) is 1. The van der Waals surface area contributed by atoms with Crippen molar-refractivity contribution in [3.05, 3.63) is 35.0 Å². The van der Waals surface area contributed by atoms with Gasteiger partial charge in [-0.2, -0.15) is 5.10 Å². The van der Waals surface area contributed by atoms with E-state index in [0.717, 1.165) is 27.7 Å². The molecule has 1 heterocycles. The Bertz CT molecular complexity index is 500. The van der Waals surface area contributed by atoms with Gasteiger partial charge in [0.15, 0.2) is 5.82 Å². The third-order valence-corrected chi connectivity index (χ3v) is 2.76. The van der Waals surface area contributed by atoms with Gasteiger partial charge in [-0.15, -0.1) is 0 Å². The first-order valence-electron chi connectivity index (χ1n) is 5.65. The highest BCUT2D eigenvalue weighted by atomic mass is 35.5. The first-order chi connectivity index (χ1) is 8.08. The molecule has 0 spiro atoms. The molecule has 0 amide bonds. The molecule has 0 saturated carbocycles. The van der Waals surface area contributed by atoms with Crippen LogP contribution in [-0.4, -0.2) is 16.2 Å². The summed E-state index contributed by atoms with van der Waals surface area (Å²) in [6.07, 6.45) is 0. The maximum absolute atomic E-state index is 5.90. The number of hydrogen-bond acceptors (Lipinski definition) is 2. The van der Waals surface area contributed by atoms with Gasteiger partial charge < -0.3 is 5.32 Å². The van der Waals surface area contributed by atoms with Crippen LogP contribution in [0.25, 0.3) is 11.1 Å². The highest BCUT2D eigenvalue weighted by Crippen LogP contribution is 2.30. The lowest BCUT2D eigenvalue weighted by molar-refractivity contribution is 0.884. The zero-order valence-electron chi connectivity index (χ0n) is 10.2. The predicted octanol–water partition coefficient (Wildman–Crippen LogP) is 3.86. The highest BCUT2D eigenvalue weighted by Gasteiger charge is 2.12. The number of anilines is 1. The lowest BCUT2D eigenvalue weighted by Crippen LogP contribution is -2.10. The van der Waals surface area contributed by atoms with E-state index in [1.54, 1.807) is 0 Å². The molecule has 3 nitrogen and oxygen atoms in total. The van der Waals surface area contributed by atoms with Crippen LogP contribution in [0.4, 0.5) is 5.82 Å². The maximum atomic E-state index is 5.90. The van der Waals surface area contributed by atoms with Gasteiger partial charge in [-0.05, 0) is 38.5 Å². The van der Waals surface area contributed by atoms with Crippen molar-refractivity contribution in [1.82, 2.24) is 10.2 Å². The van der Waals surface area contributed by atoms with Crippen LogP contribution in [0.2, 0.25) is 5.02 Å². The first kappa shape index (κ1) is 12.0. The molecule has 0 radical (unpaired) electrons. The minimum absolute atomic E-state index is 0.351. The Balaban J connectivity index is 2.43. The molecule has 0 aliphatic rings. The molecule has 90 valence electrons. The van der Waals surface area contributed by atoms with Crippen molar-refractivity contribution in [2.24, 2.45) is 0 Å². The summed E-state index contributed by atoms with van der Waals surface area (Å²) in [5.74, 6) is 0.889. The number of hydrogen-bond donors (Lipinski definition) is 2. The van der Waals surface area contributed by atoms with Crippen molar-refractivity contribution in [1.29, 1.82) is 0 Å². The average molecular weight is 250 g/mol. The van der Waals surface area contributed by atoms with Gasteiger partial charge in [0, 0.05) is 22.3 Å². The normalized spacial score (nSPS) is 10.9. The monoisotopic (exact) mass is 249 g/mol. The topological polar surface area (TPSA) is 40.7 Å². The molecule has 4 heteroatoms. The summed E-state index contributed by atoms with van der Waals surface area (Å²) in [4.78, 5) is 0. The summed E-state index contributed by atoms with van der Waals surface area (Å²) in [5.41, 5.74) is 3.27. The van der Waals surface area contributed by atoms with Crippen LogP contribution in [-0.2, 0) is 0 Å². The van der Waals surface area contributed by atoms with E-state index in [4.69, 9.17) is 11.6 Å². The van der Waals surface area contributed by atoms with Crippen molar-refractivity contribution in [3.63, 3.8) is 0 Å².